The highest BCUT2D eigenvalue weighted by molar-refractivity contribution is 7.99. The minimum absolute atomic E-state index is 0.0258. The summed E-state index contributed by atoms with van der Waals surface area (Å²) in [4.78, 5) is 54.2. The Morgan fingerprint density at radius 2 is 1.73 bits per heavy atom. The van der Waals surface area contributed by atoms with Crippen molar-refractivity contribution in [2.75, 3.05) is 63.1 Å². The van der Waals surface area contributed by atoms with E-state index in [0.717, 1.165) is 31.5 Å². The number of carbonyl (C=O) groups excluding carboxylic acids is 3. The lowest BCUT2D eigenvalue weighted by Crippen LogP contribution is -2.55. The van der Waals surface area contributed by atoms with E-state index in [-0.39, 0.29) is 29.7 Å². The normalized spacial score (nSPS) is 21.2. The van der Waals surface area contributed by atoms with E-state index in [1.54, 1.807) is 22.8 Å². The summed E-state index contributed by atoms with van der Waals surface area (Å²) < 4.78 is 5.03. The number of hydrogen-bond donors (Lipinski definition) is 0. The van der Waals surface area contributed by atoms with Crippen molar-refractivity contribution in [3.05, 3.63) is 11.2 Å². The minimum Gasteiger partial charge on any atom is -0.450 e. The number of thioether (sulfide) groups is 1. The van der Waals surface area contributed by atoms with Gasteiger partial charge in [0.1, 0.15) is 11.0 Å². The highest BCUT2D eigenvalue weighted by Gasteiger charge is 2.33. The summed E-state index contributed by atoms with van der Waals surface area (Å²) in [5.74, 6) is 1.35. The average molecular weight is 553 g/mol. The van der Waals surface area contributed by atoms with Gasteiger partial charge in [-0.15, -0.1) is 0 Å². The largest absolute Gasteiger partial charge is 0.450 e. The molecule has 1 aliphatic carbocycles. The fraction of sp³-hybridized carbons (Fsp3) is 0.720. The number of piperazine rings is 2. The molecule has 1 unspecified atom stereocenters. The minimum atomic E-state index is -0.336. The van der Waals surface area contributed by atoms with Gasteiger partial charge in [-0.1, -0.05) is 42.6 Å². The number of halogens is 1. The molecule has 0 radical (unpaired) electrons. The second kappa shape index (κ2) is 13.0. The predicted octanol–water partition coefficient (Wildman–Crippen LogP) is 3.14. The first-order chi connectivity index (χ1) is 17.9. The lowest BCUT2D eigenvalue weighted by atomic mass is 9.88. The summed E-state index contributed by atoms with van der Waals surface area (Å²) in [6, 6.07) is 1.83. The van der Waals surface area contributed by atoms with E-state index in [1.165, 1.54) is 18.2 Å². The predicted molar refractivity (Wildman–Crippen MR) is 143 cm³/mol. The molecule has 3 aliphatic rings. The maximum atomic E-state index is 13.1. The number of nitrogens with zero attached hydrogens (tertiary/aromatic N) is 6. The maximum Gasteiger partial charge on any atom is 0.409 e. The van der Waals surface area contributed by atoms with Crippen LogP contribution in [0.4, 0.5) is 10.6 Å². The molecule has 12 heteroatoms. The van der Waals surface area contributed by atoms with Crippen molar-refractivity contribution in [3.8, 4) is 0 Å². The molecule has 10 nitrogen and oxygen atoms in total. The second-order valence-electron chi connectivity index (χ2n) is 9.85. The number of ether oxygens (including phenoxy) is 1. The van der Waals surface area contributed by atoms with E-state index < -0.39 is 0 Å². The summed E-state index contributed by atoms with van der Waals surface area (Å²) >= 11 is 7.58. The summed E-state index contributed by atoms with van der Waals surface area (Å²) in [6.07, 6.45) is 5.21. The van der Waals surface area contributed by atoms with Gasteiger partial charge in [-0.2, -0.15) is 0 Å². The molecule has 37 heavy (non-hydrogen) atoms. The van der Waals surface area contributed by atoms with Crippen molar-refractivity contribution in [2.24, 2.45) is 5.92 Å². The molecule has 2 aliphatic heterocycles. The molecule has 0 N–H and O–H groups in total. The van der Waals surface area contributed by atoms with Crippen LogP contribution >= 0.6 is 23.4 Å². The van der Waals surface area contributed by atoms with E-state index in [4.69, 9.17) is 16.3 Å². The van der Waals surface area contributed by atoms with Gasteiger partial charge in [0, 0.05) is 63.8 Å². The second-order valence-corrected chi connectivity index (χ2v) is 11.2. The third kappa shape index (κ3) is 7.19. The molecule has 204 valence electrons. The van der Waals surface area contributed by atoms with E-state index in [0.29, 0.717) is 68.6 Å². The Kier molecular flexibility index (Phi) is 9.75. The van der Waals surface area contributed by atoms with Crippen LogP contribution in [0.1, 0.15) is 46.0 Å². The summed E-state index contributed by atoms with van der Waals surface area (Å²) in [5.41, 5.74) is 0. The molecule has 2 saturated heterocycles. The Bertz CT molecular complexity index is 971. The van der Waals surface area contributed by atoms with Gasteiger partial charge in [0.05, 0.1) is 12.4 Å². The third-order valence-corrected chi connectivity index (χ3v) is 8.36. The molecule has 0 spiro atoms. The summed E-state index contributed by atoms with van der Waals surface area (Å²) in [5, 5.41) is 0.783. The van der Waals surface area contributed by atoms with Gasteiger partial charge in [-0.05, 0) is 26.7 Å². The Labute approximate surface area is 228 Å². The molecule has 0 bridgehead atoms. The van der Waals surface area contributed by atoms with Gasteiger partial charge in [0.2, 0.25) is 11.8 Å². The highest BCUT2D eigenvalue weighted by atomic mass is 35.5. The van der Waals surface area contributed by atoms with Crippen LogP contribution in [0.25, 0.3) is 0 Å². The van der Waals surface area contributed by atoms with Crippen LogP contribution < -0.4 is 4.90 Å². The van der Waals surface area contributed by atoms with Crippen molar-refractivity contribution < 1.29 is 19.1 Å². The monoisotopic (exact) mass is 552 g/mol. The van der Waals surface area contributed by atoms with E-state index in [9.17, 15) is 14.4 Å². The molecule has 3 heterocycles. The SMILES string of the molecule is CCOC(=O)N1CCN(C(=O)CSc2nc(Cl)cc(N3CCN(C(=O)C4CCCCC4)C(C)C3)n2)CC1. The van der Waals surface area contributed by atoms with Crippen LogP contribution in [-0.2, 0) is 14.3 Å². The Morgan fingerprint density at radius 1 is 1.03 bits per heavy atom. The molecular formula is C25H37ClN6O4S. The average Bonchev–Trinajstić information content (AvgIpc) is 2.91. The number of hydrogen-bond acceptors (Lipinski definition) is 8. The first kappa shape index (κ1) is 27.8. The van der Waals surface area contributed by atoms with Crippen LogP contribution in [0.2, 0.25) is 5.15 Å². The van der Waals surface area contributed by atoms with Crippen LogP contribution in [0, 0.1) is 5.92 Å². The van der Waals surface area contributed by atoms with Crippen LogP contribution in [0.5, 0.6) is 0 Å². The third-order valence-electron chi connectivity index (χ3n) is 7.33. The number of amides is 3. The molecule has 0 aromatic carbocycles. The van der Waals surface area contributed by atoms with Crippen molar-refractivity contribution in [2.45, 2.75) is 57.1 Å². The molecule has 1 atom stereocenters. The van der Waals surface area contributed by atoms with Crippen molar-refractivity contribution in [1.82, 2.24) is 24.7 Å². The van der Waals surface area contributed by atoms with Gasteiger partial charge >= 0.3 is 6.09 Å². The lowest BCUT2D eigenvalue weighted by Gasteiger charge is -2.42. The highest BCUT2D eigenvalue weighted by Crippen LogP contribution is 2.28. The van der Waals surface area contributed by atoms with Gasteiger partial charge < -0.3 is 24.3 Å². The summed E-state index contributed by atoms with van der Waals surface area (Å²) in [7, 11) is 0. The summed E-state index contributed by atoms with van der Waals surface area (Å²) in [6.45, 7) is 8.09. The van der Waals surface area contributed by atoms with Gasteiger partial charge in [0.15, 0.2) is 5.16 Å². The lowest BCUT2D eigenvalue weighted by molar-refractivity contribution is -0.139. The van der Waals surface area contributed by atoms with E-state index >= 15 is 0 Å². The zero-order chi connectivity index (χ0) is 26.4. The molecule has 1 aromatic rings. The quantitative estimate of drug-likeness (QED) is 0.301. The van der Waals surface area contributed by atoms with Crippen LogP contribution in [-0.4, -0.2) is 107 Å². The molecule has 1 saturated carbocycles. The van der Waals surface area contributed by atoms with Crippen molar-refractivity contribution in [3.63, 3.8) is 0 Å². The zero-order valence-corrected chi connectivity index (χ0v) is 23.3. The fourth-order valence-corrected chi connectivity index (χ4v) is 6.24. The first-order valence-electron chi connectivity index (χ1n) is 13.3. The van der Waals surface area contributed by atoms with E-state index in [2.05, 4.69) is 21.8 Å². The molecule has 4 rings (SSSR count). The number of carbonyl (C=O) groups is 3. The Balaban J connectivity index is 1.29. The number of rotatable bonds is 6. The molecular weight excluding hydrogens is 516 g/mol. The fourth-order valence-electron chi connectivity index (χ4n) is 5.26. The van der Waals surface area contributed by atoms with Crippen molar-refractivity contribution >= 4 is 47.1 Å². The van der Waals surface area contributed by atoms with Gasteiger partial charge in [-0.25, -0.2) is 14.8 Å². The first-order valence-corrected chi connectivity index (χ1v) is 14.6. The molecule has 3 amide bonds. The number of anilines is 1. The van der Waals surface area contributed by atoms with Crippen LogP contribution in [0.15, 0.2) is 11.2 Å². The Morgan fingerprint density at radius 3 is 2.41 bits per heavy atom. The standard InChI is InChI=1S/C25H37ClN6O4S/c1-3-36-25(35)30-11-9-29(10-12-30)22(33)17-37-24-27-20(26)15-21(28-24)31-13-14-32(18(2)16-31)23(34)19-7-5-4-6-8-19/h15,18-19H,3-14,16-17H2,1-2H3. The molecule has 1 aromatic heterocycles. The van der Waals surface area contributed by atoms with Crippen LogP contribution in [0.3, 0.4) is 0 Å². The number of aromatic nitrogens is 2. The van der Waals surface area contributed by atoms with E-state index in [1.807, 2.05) is 4.90 Å². The van der Waals surface area contributed by atoms with Gasteiger partial charge in [0.25, 0.3) is 0 Å². The zero-order valence-electron chi connectivity index (χ0n) is 21.7. The van der Waals surface area contributed by atoms with Gasteiger partial charge in [-0.3, -0.25) is 9.59 Å². The maximum absolute atomic E-state index is 13.1. The topological polar surface area (TPSA) is 99.2 Å². The van der Waals surface area contributed by atoms with Crippen molar-refractivity contribution in [1.29, 1.82) is 0 Å². The smallest absolute Gasteiger partial charge is 0.409 e. The Hall–Kier alpha value is -2.27. The molecule has 3 fully saturated rings.